The van der Waals surface area contributed by atoms with Crippen LogP contribution in [0.25, 0.3) is 0 Å². The molecule has 0 aromatic heterocycles. The number of phenols is 1. The molecule has 0 bridgehead atoms. The SMILES string of the molecule is CCNC(=NCCc1ccc(O)cc1)N1CCC(C2(C)NC(=O)NC2=O)CC1. The van der Waals surface area contributed by atoms with Gasteiger partial charge in [0.2, 0.25) is 0 Å². The second-order valence-electron chi connectivity index (χ2n) is 7.52. The summed E-state index contributed by atoms with van der Waals surface area (Å²) in [6.07, 6.45) is 2.43. The third kappa shape index (κ3) is 4.37. The summed E-state index contributed by atoms with van der Waals surface area (Å²) in [5.74, 6) is 1.02. The molecule has 1 aromatic rings. The van der Waals surface area contributed by atoms with Gasteiger partial charge >= 0.3 is 6.03 Å². The first-order chi connectivity index (χ1) is 13.4. The summed E-state index contributed by atoms with van der Waals surface area (Å²) in [5.41, 5.74) is 0.310. The van der Waals surface area contributed by atoms with Crippen molar-refractivity contribution in [2.24, 2.45) is 10.9 Å². The molecule has 0 radical (unpaired) electrons. The van der Waals surface area contributed by atoms with Crippen molar-refractivity contribution in [3.63, 3.8) is 0 Å². The Morgan fingerprint density at radius 1 is 1.29 bits per heavy atom. The van der Waals surface area contributed by atoms with Crippen molar-refractivity contribution in [1.29, 1.82) is 0 Å². The lowest BCUT2D eigenvalue weighted by molar-refractivity contribution is -0.125. The lowest BCUT2D eigenvalue weighted by Gasteiger charge is -2.39. The Morgan fingerprint density at radius 2 is 1.96 bits per heavy atom. The fraction of sp³-hybridized carbons (Fsp3) is 0.550. The number of phenolic OH excluding ortho intramolecular Hbond substituents is 1. The smallest absolute Gasteiger partial charge is 0.322 e. The zero-order valence-corrected chi connectivity index (χ0v) is 16.5. The number of urea groups is 1. The van der Waals surface area contributed by atoms with E-state index in [4.69, 9.17) is 4.99 Å². The number of piperidine rings is 1. The topological polar surface area (TPSA) is 106 Å². The van der Waals surface area contributed by atoms with Gasteiger partial charge in [-0.3, -0.25) is 15.1 Å². The van der Waals surface area contributed by atoms with Crippen LogP contribution in [-0.4, -0.2) is 59.6 Å². The highest BCUT2D eigenvalue weighted by molar-refractivity contribution is 6.07. The molecule has 4 N–H and O–H groups in total. The van der Waals surface area contributed by atoms with Crippen LogP contribution in [0.2, 0.25) is 0 Å². The molecule has 152 valence electrons. The van der Waals surface area contributed by atoms with Gasteiger partial charge in [-0.2, -0.15) is 0 Å². The maximum Gasteiger partial charge on any atom is 0.322 e. The molecular weight excluding hydrogens is 358 g/mol. The highest BCUT2D eigenvalue weighted by Crippen LogP contribution is 2.30. The van der Waals surface area contributed by atoms with Crippen LogP contribution in [0.1, 0.15) is 32.3 Å². The first-order valence-electron chi connectivity index (χ1n) is 9.87. The van der Waals surface area contributed by atoms with E-state index in [-0.39, 0.29) is 17.6 Å². The molecule has 0 spiro atoms. The number of carbonyl (C=O) groups excluding carboxylic acids is 2. The minimum absolute atomic E-state index is 0.107. The average molecular weight is 387 g/mol. The molecule has 0 saturated carbocycles. The second-order valence-corrected chi connectivity index (χ2v) is 7.52. The van der Waals surface area contributed by atoms with Crippen molar-refractivity contribution in [2.45, 2.75) is 38.6 Å². The zero-order chi connectivity index (χ0) is 20.1. The van der Waals surface area contributed by atoms with E-state index in [0.717, 1.165) is 50.4 Å². The maximum absolute atomic E-state index is 12.2. The highest BCUT2D eigenvalue weighted by atomic mass is 16.3. The fourth-order valence-corrected chi connectivity index (χ4v) is 3.89. The Balaban J connectivity index is 1.57. The summed E-state index contributed by atoms with van der Waals surface area (Å²) in [4.78, 5) is 30.6. The monoisotopic (exact) mass is 387 g/mol. The molecule has 28 heavy (non-hydrogen) atoms. The van der Waals surface area contributed by atoms with Crippen LogP contribution in [-0.2, 0) is 11.2 Å². The number of likely N-dealkylation sites (tertiary alicyclic amines) is 1. The highest BCUT2D eigenvalue weighted by Gasteiger charge is 2.48. The zero-order valence-electron chi connectivity index (χ0n) is 16.5. The number of rotatable bonds is 5. The molecule has 2 aliphatic rings. The van der Waals surface area contributed by atoms with Gasteiger partial charge in [0.15, 0.2) is 5.96 Å². The number of nitrogens with zero attached hydrogens (tertiary/aromatic N) is 2. The summed E-state index contributed by atoms with van der Waals surface area (Å²) in [5, 5.41) is 17.9. The van der Waals surface area contributed by atoms with Gasteiger partial charge in [-0.15, -0.1) is 0 Å². The minimum Gasteiger partial charge on any atom is -0.508 e. The van der Waals surface area contributed by atoms with Crippen LogP contribution in [0, 0.1) is 5.92 Å². The molecule has 2 aliphatic heterocycles. The predicted octanol–water partition coefficient (Wildman–Crippen LogP) is 1.21. The second kappa shape index (κ2) is 8.50. The van der Waals surface area contributed by atoms with E-state index >= 15 is 0 Å². The van der Waals surface area contributed by atoms with Gasteiger partial charge in [0.05, 0.1) is 0 Å². The van der Waals surface area contributed by atoms with Crippen LogP contribution in [0.15, 0.2) is 29.3 Å². The normalized spacial score (nSPS) is 23.5. The molecule has 8 heteroatoms. The molecule has 2 saturated heterocycles. The number of carbonyl (C=O) groups is 2. The third-order valence-electron chi connectivity index (χ3n) is 5.62. The number of imide groups is 1. The number of nitrogens with one attached hydrogen (secondary N) is 3. The van der Waals surface area contributed by atoms with Crippen molar-refractivity contribution < 1.29 is 14.7 Å². The van der Waals surface area contributed by atoms with E-state index in [0.29, 0.717) is 6.54 Å². The number of aromatic hydroxyl groups is 1. The first-order valence-corrected chi connectivity index (χ1v) is 9.87. The lowest BCUT2D eigenvalue weighted by atomic mass is 9.79. The molecule has 2 fully saturated rings. The van der Waals surface area contributed by atoms with E-state index in [9.17, 15) is 14.7 Å². The van der Waals surface area contributed by atoms with Gasteiger partial charge in [-0.25, -0.2) is 4.79 Å². The Morgan fingerprint density at radius 3 is 2.54 bits per heavy atom. The van der Waals surface area contributed by atoms with Crippen molar-refractivity contribution in [2.75, 3.05) is 26.2 Å². The van der Waals surface area contributed by atoms with Crippen molar-refractivity contribution >= 4 is 17.9 Å². The average Bonchev–Trinajstić information content (AvgIpc) is 2.95. The molecule has 0 aliphatic carbocycles. The summed E-state index contributed by atoms with van der Waals surface area (Å²) < 4.78 is 0. The van der Waals surface area contributed by atoms with E-state index in [1.54, 1.807) is 12.1 Å². The Hall–Kier alpha value is -2.77. The van der Waals surface area contributed by atoms with Crippen LogP contribution in [0.5, 0.6) is 5.75 Å². The molecule has 3 amide bonds. The van der Waals surface area contributed by atoms with Gasteiger partial charge < -0.3 is 20.6 Å². The molecule has 1 aromatic carbocycles. The Kier molecular flexibility index (Phi) is 6.06. The number of hydrogen-bond acceptors (Lipinski definition) is 4. The Labute approximate surface area is 165 Å². The number of amides is 3. The summed E-state index contributed by atoms with van der Waals surface area (Å²) in [7, 11) is 0. The van der Waals surface area contributed by atoms with Crippen molar-refractivity contribution in [3.8, 4) is 5.75 Å². The van der Waals surface area contributed by atoms with Gasteiger partial charge in [0, 0.05) is 26.2 Å². The molecule has 8 nitrogen and oxygen atoms in total. The predicted molar refractivity (Wildman–Crippen MR) is 107 cm³/mol. The quantitative estimate of drug-likeness (QED) is 0.345. The molecule has 1 unspecified atom stereocenters. The molecule has 2 heterocycles. The van der Waals surface area contributed by atoms with E-state index in [2.05, 4.69) is 20.9 Å². The van der Waals surface area contributed by atoms with Crippen molar-refractivity contribution in [1.82, 2.24) is 20.9 Å². The maximum atomic E-state index is 12.2. The van der Waals surface area contributed by atoms with E-state index in [1.807, 2.05) is 26.0 Å². The Bertz CT molecular complexity index is 741. The van der Waals surface area contributed by atoms with Gasteiger partial charge in [-0.1, -0.05) is 12.1 Å². The third-order valence-corrected chi connectivity index (χ3v) is 5.62. The minimum atomic E-state index is -0.822. The van der Waals surface area contributed by atoms with Gasteiger partial charge in [-0.05, 0) is 56.7 Å². The summed E-state index contributed by atoms with van der Waals surface area (Å²) in [6.45, 7) is 6.87. The van der Waals surface area contributed by atoms with Crippen LogP contribution >= 0.6 is 0 Å². The van der Waals surface area contributed by atoms with Crippen LogP contribution in [0.3, 0.4) is 0 Å². The van der Waals surface area contributed by atoms with E-state index in [1.165, 1.54) is 0 Å². The number of guanidine groups is 1. The lowest BCUT2D eigenvalue weighted by Crippen LogP contribution is -2.55. The van der Waals surface area contributed by atoms with Crippen molar-refractivity contribution in [3.05, 3.63) is 29.8 Å². The molecule has 1 atom stereocenters. The standard InChI is InChI=1S/C20H29N5O3/c1-3-21-18(22-11-8-14-4-6-16(26)7-5-14)25-12-9-15(10-13-25)20(2)17(27)23-19(28)24-20/h4-7,15,26H,3,8-13H2,1-2H3,(H,21,22)(H2,23,24,27,28). The van der Waals surface area contributed by atoms with Gasteiger partial charge in [0.25, 0.3) is 5.91 Å². The van der Waals surface area contributed by atoms with Crippen LogP contribution < -0.4 is 16.0 Å². The molecule has 3 rings (SSSR count). The first kappa shape index (κ1) is 20.0. The summed E-state index contributed by atoms with van der Waals surface area (Å²) in [6, 6.07) is 6.79. The van der Waals surface area contributed by atoms with Crippen LogP contribution in [0.4, 0.5) is 4.79 Å². The number of hydrogen-bond donors (Lipinski definition) is 4. The number of benzene rings is 1. The van der Waals surface area contributed by atoms with Gasteiger partial charge in [0.1, 0.15) is 11.3 Å². The molecular formula is C20H29N5O3. The van der Waals surface area contributed by atoms with E-state index < -0.39 is 11.6 Å². The largest absolute Gasteiger partial charge is 0.508 e. The number of aliphatic imine (C=N–C) groups is 1. The summed E-state index contributed by atoms with van der Waals surface area (Å²) >= 11 is 0. The fourth-order valence-electron chi connectivity index (χ4n) is 3.89.